The number of guanidine groups is 1. The van der Waals surface area contributed by atoms with Crippen molar-refractivity contribution in [2.75, 3.05) is 26.0 Å². The maximum absolute atomic E-state index is 12.0. The van der Waals surface area contributed by atoms with Gasteiger partial charge in [0.2, 0.25) is 0 Å². The van der Waals surface area contributed by atoms with Crippen LogP contribution in [0.4, 0.5) is 15.3 Å². The molecule has 0 radical (unpaired) electrons. The zero-order valence-corrected chi connectivity index (χ0v) is 19.5. The van der Waals surface area contributed by atoms with E-state index in [0.29, 0.717) is 24.7 Å². The first-order valence-corrected chi connectivity index (χ1v) is 10.5. The van der Waals surface area contributed by atoms with Crippen molar-refractivity contribution >= 4 is 23.8 Å². The molecular formula is C22H37N5O4. The van der Waals surface area contributed by atoms with Gasteiger partial charge in [0.1, 0.15) is 5.60 Å². The van der Waals surface area contributed by atoms with E-state index < -0.39 is 17.8 Å². The third-order valence-electron chi connectivity index (χ3n) is 4.21. The maximum atomic E-state index is 12.0. The van der Waals surface area contributed by atoms with Crippen LogP contribution in [0.3, 0.4) is 0 Å². The Kier molecular flexibility index (Phi) is 11.2. The van der Waals surface area contributed by atoms with Crippen molar-refractivity contribution in [1.29, 1.82) is 0 Å². The fourth-order valence-electron chi connectivity index (χ4n) is 2.65. The van der Waals surface area contributed by atoms with Gasteiger partial charge in [-0.2, -0.15) is 0 Å². The number of aliphatic imine (C=N–C) groups is 1. The molecule has 0 heterocycles. The predicted molar refractivity (Wildman–Crippen MR) is 123 cm³/mol. The Hall–Kier alpha value is -2.97. The molecule has 0 saturated carbocycles. The Bertz CT molecular complexity index is 714. The van der Waals surface area contributed by atoms with Gasteiger partial charge in [-0.05, 0) is 44.9 Å². The van der Waals surface area contributed by atoms with Crippen molar-refractivity contribution in [3.8, 4) is 0 Å². The van der Waals surface area contributed by atoms with Gasteiger partial charge < -0.3 is 25.4 Å². The molecule has 174 valence electrons. The van der Waals surface area contributed by atoms with Crippen LogP contribution in [0.5, 0.6) is 0 Å². The number of amides is 2. The number of benzene rings is 1. The van der Waals surface area contributed by atoms with Gasteiger partial charge in [0, 0.05) is 31.9 Å². The number of hydrogen-bond donors (Lipinski definition) is 4. The molecule has 9 heteroatoms. The zero-order valence-electron chi connectivity index (χ0n) is 19.5. The molecule has 0 aliphatic rings. The second-order valence-electron chi connectivity index (χ2n) is 8.11. The second-order valence-corrected chi connectivity index (χ2v) is 8.11. The average molecular weight is 436 g/mol. The minimum atomic E-state index is -0.532. The largest absolute Gasteiger partial charge is 0.453 e. The van der Waals surface area contributed by atoms with Crippen LogP contribution >= 0.6 is 0 Å². The number of unbranched alkanes of at least 4 members (excludes halogenated alkanes) is 1. The molecule has 2 amide bonds. The summed E-state index contributed by atoms with van der Waals surface area (Å²) in [4.78, 5) is 27.5. The first kappa shape index (κ1) is 26.1. The van der Waals surface area contributed by atoms with Crippen LogP contribution in [0.25, 0.3) is 0 Å². The quantitative estimate of drug-likeness (QED) is 0.348. The first-order valence-electron chi connectivity index (χ1n) is 10.5. The van der Waals surface area contributed by atoms with Gasteiger partial charge in [0.25, 0.3) is 0 Å². The van der Waals surface area contributed by atoms with E-state index in [2.05, 4.69) is 37.9 Å². The van der Waals surface area contributed by atoms with E-state index in [1.165, 1.54) is 7.11 Å². The topological polar surface area (TPSA) is 113 Å². The third kappa shape index (κ3) is 11.7. The zero-order chi connectivity index (χ0) is 23.3. The second kappa shape index (κ2) is 13.4. The predicted octanol–water partition coefficient (Wildman–Crippen LogP) is 3.61. The first-order chi connectivity index (χ1) is 14.7. The van der Waals surface area contributed by atoms with Crippen molar-refractivity contribution in [2.45, 2.75) is 65.1 Å². The summed E-state index contributed by atoms with van der Waals surface area (Å²) in [6, 6.07) is 7.44. The number of anilines is 1. The Morgan fingerprint density at radius 2 is 1.77 bits per heavy atom. The van der Waals surface area contributed by atoms with Gasteiger partial charge in [0.05, 0.1) is 7.11 Å². The number of methoxy groups -OCH3 is 1. The molecule has 0 saturated heterocycles. The third-order valence-corrected chi connectivity index (χ3v) is 4.21. The number of ether oxygens (including phenoxy) is 2. The van der Waals surface area contributed by atoms with Crippen molar-refractivity contribution < 1.29 is 19.1 Å². The van der Waals surface area contributed by atoms with Crippen LogP contribution in [0.15, 0.2) is 29.3 Å². The van der Waals surface area contributed by atoms with Crippen molar-refractivity contribution in [3.63, 3.8) is 0 Å². The molecule has 0 spiro atoms. The number of nitrogens with zero attached hydrogens (tertiary/aromatic N) is 1. The maximum Gasteiger partial charge on any atom is 0.411 e. The summed E-state index contributed by atoms with van der Waals surface area (Å²) >= 11 is 0. The summed E-state index contributed by atoms with van der Waals surface area (Å²) in [6.45, 7) is 8.63. The van der Waals surface area contributed by atoms with Gasteiger partial charge >= 0.3 is 12.2 Å². The summed E-state index contributed by atoms with van der Waals surface area (Å²) in [5.74, 6) is 0.642. The molecule has 0 aliphatic heterocycles. The number of hydrogen-bond acceptors (Lipinski definition) is 5. The molecule has 1 aromatic carbocycles. The van der Waals surface area contributed by atoms with E-state index in [-0.39, 0.29) is 6.04 Å². The van der Waals surface area contributed by atoms with E-state index >= 15 is 0 Å². The van der Waals surface area contributed by atoms with E-state index in [9.17, 15) is 9.59 Å². The monoisotopic (exact) mass is 435 g/mol. The number of nitrogens with one attached hydrogen (secondary N) is 4. The van der Waals surface area contributed by atoms with Gasteiger partial charge in [-0.1, -0.05) is 31.9 Å². The van der Waals surface area contributed by atoms with Crippen molar-refractivity contribution in [3.05, 3.63) is 29.8 Å². The lowest BCUT2D eigenvalue weighted by Crippen LogP contribution is -2.48. The molecule has 4 N–H and O–H groups in total. The molecule has 1 aromatic rings. The smallest absolute Gasteiger partial charge is 0.411 e. The fraction of sp³-hybridized carbons (Fsp3) is 0.591. The Morgan fingerprint density at radius 3 is 2.32 bits per heavy atom. The highest BCUT2D eigenvalue weighted by Crippen LogP contribution is 2.10. The van der Waals surface area contributed by atoms with Gasteiger partial charge in [-0.25, -0.2) is 9.59 Å². The molecule has 1 unspecified atom stereocenters. The normalized spacial score (nSPS) is 12.5. The minimum absolute atomic E-state index is 0.0188. The van der Waals surface area contributed by atoms with Gasteiger partial charge in [-0.3, -0.25) is 10.3 Å². The standard InChI is InChI=1S/C22H37N5O4/c1-7-8-9-18(15-25-20(28)31-22(2,3)4)26-19(23-5)24-14-16-10-12-17(13-11-16)27-21(29)30-6/h10-13,18H,7-9,14-15H2,1-6H3,(H,25,28)(H,27,29)(H2,23,24,26). The summed E-state index contributed by atoms with van der Waals surface area (Å²) in [5, 5.41) is 12.1. The highest BCUT2D eigenvalue weighted by Gasteiger charge is 2.18. The fourth-order valence-corrected chi connectivity index (χ4v) is 2.65. The Labute approximate surface area is 185 Å². The minimum Gasteiger partial charge on any atom is -0.453 e. The molecule has 31 heavy (non-hydrogen) atoms. The van der Waals surface area contributed by atoms with Crippen molar-refractivity contribution in [1.82, 2.24) is 16.0 Å². The van der Waals surface area contributed by atoms with E-state index in [1.807, 2.05) is 32.9 Å². The number of rotatable bonds is 9. The van der Waals surface area contributed by atoms with Gasteiger partial charge in [-0.15, -0.1) is 0 Å². The lowest BCUT2D eigenvalue weighted by Gasteiger charge is -2.24. The molecule has 1 rings (SSSR count). The summed E-state index contributed by atoms with van der Waals surface area (Å²) in [6.07, 6.45) is 2.04. The summed E-state index contributed by atoms with van der Waals surface area (Å²) in [7, 11) is 3.03. The highest BCUT2D eigenvalue weighted by atomic mass is 16.6. The molecular weight excluding hydrogens is 398 g/mol. The number of carbonyl (C=O) groups is 2. The van der Waals surface area contributed by atoms with Gasteiger partial charge in [0.15, 0.2) is 5.96 Å². The molecule has 0 fully saturated rings. The van der Waals surface area contributed by atoms with Crippen LogP contribution < -0.4 is 21.3 Å². The van der Waals surface area contributed by atoms with Crippen LogP contribution in [0, 0.1) is 0 Å². The van der Waals surface area contributed by atoms with E-state index in [0.717, 1.165) is 24.8 Å². The van der Waals surface area contributed by atoms with E-state index in [4.69, 9.17) is 4.74 Å². The number of carbonyl (C=O) groups excluding carboxylic acids is 2. The highest BCUT2D eigenvalue weighted by molar-refractivity contribution is 5.84. The summed E-state index contributed by atoms with van der Waals surface area (Å²) < 4.78 is 9.89. The lowest BCUT2D eigenvalue weighted by molar-refractivity contribution is 0.0522. The van der Waals surface area contributed by atoms with Crippen LogP contribution in [-0.2, 0) is 16.0 Å². The van der Waals surface area contributed by atoms with Crippen LogP contribution in [-0.4, -0.2) is 50.5 Å². The molecule has 0 bridgehead atoms. The van der Waals surface area contributed by atoms with Crippen LogP contribution in [0.1, 0.15) is 52.5 Å². The Balaban J connectivity index is 2.59. The van der Waals surface area contributed by atoms with E-state index in [1.54, 1.807) is 19.2 Å². The molecule has 0 aromatic heterocycles. The Morgan fingerprint density at radius 1 is 1.10 bits per heavy atom. The molecule has 9 nitrogen and oxygen atoms in total. The lowest BCUT2D eigenvalue weighted by atomic mass is 10.1. The van der Waals surface area contributed by atoms with Crippen molar-refractivity contribution in [2.24, 2.45) is 4.99 Å². The number of alkyl carbamates (subject to hydrolysis) is 1. The van der Waals surface area contributed by atoms with Crippen LogP contribution in [0.2, 0.25) is 0 Å². The molecule has 0 aliphatic carbocycles. The SMILES string of the molecule is CCCCC(CNC(=O)OC(C)(C)C)NC(=NC)NCc1ccc(NC(=O)OC)cc1. The average Bonchev–Trinajstić information content (AvgIpc) is 2.72. The summed E-state index contributed by atoms with van der Waals surface area (Å²) in [5.41, 5.74) is 1.15. The molecule has 1 atom stereocenters.